The van der Waals surface area contributed by atoms with Crippen LogP contribution >= 0.6 is 31.9 Å². The first-order valence-corrected chi connectivity index (χ1v) is 8.16. The molecule has 0 N–H and O–H groups in total. The summed E-state index contributed by atoms with van der Waals surface area (Å²) in [5, 5.41) is 2.42. The lowest BCUT2D eigenvalue weighted by atomic mass is 10.0. The molecule has 0 aliphatic heterocycles. The van der Waals surface area contributed by atoms with Gasteiger partial charge in [0.1, 0.15) is 5.78 Å². The predicted octanol–water partition coefficient (Wildman–Crippen LogP) is 5.28. The van der Waals surface area contributed by atoms with Crippen LogP contribution < -0.4 is 0 Å². The third kappa shape index (κ3) is 3.90. The molecule has 0 amide bonds. The Morgan fingerprint density at radius 2 is 1.84 bits per heavy atom. The van der Waals surface area contributed by atoms with Gasteiger partial charge in [-0.05, 0) is 41.3 Å². The lowest BCUT2D eigenvalue weighted by molar-refractivity contribution is -0.118. The van der Waals surface area contributed by atoms with Crippen LogP contribution in [0.5, 0.6) is 0 Å². The van der Waals surface area contributed by atoms with Crippen molar-refractivity contribution in [3.8, 4) is 0 Å². The summed E-state index contributed by atoms with van der Waals surface area (Å²) in [6.07, 6.45) is 2.31. The second-order valence-electron chi connectivity index (χ2n) is 4.71. The number of hydrogen-bond acceptors (Lipinski definition) is 1. The second-order valence-corrected chi connectivity index (χ2v) is 6.73. The first kappa shape index (κ1) is 14.7. The summed E-state index contributed by atoms with van der Waals surface area (Å²) in [7, 11) is 0. The molecule has 0 radical (unpaired) electrons. The number of Topliss-reactive ketones (excluding diaryl/α,β-unsaturated/α-hetero) is 1. The largest absolute Gasteiger partial charge is 0.298 e. The van der Waals surface area contributed by atoms with Gasteiger partial charge in [0.15, 0.2) is 0 Å². The van der Waals surface area contributed by atoms with Crippen LogP contribution in [-0.2, 0) is 11.2 Å². The summed E-state index contributed by atoms with van der Waals surface area (Å²) in [6, 6.07) is 12.6. The molecular weight excluding hydrogens is 368 g/mol. The molecule has 0 aliphatic carbocycles. The molecular formula is C16H16Br2O. The molecule has 0 aromatic heterocycles. The highest BCUT2D eigenvalue weighted by Gasteiger charge is 2.14. The number of alkyl halides is 1. The maximum atomic E-state index is 11.8. The van der Waals surface area contributed by atoms with Crippen LogP contribution in [0.25, 0.3) is 10.8 Å². The molecule has 2 rings (SSSR count). The molecule has 0 aliphatic rings. The Hall–Kier alpha value is -0.670. The topological polar surface area (TPSA) is 17.1 Å². The van der Waals surface area contributed by atoms with E-state index in [1.165, 1.54) is 16.3 Å². The molecule has 3 heteroatoms. The van der Waals surface area contributed by atoms with Crippen LogP contribution in [0.1, 0.15) is 25.3 Å². The number of benzene rings is 2. The lowest BCUT2D eigenvalue weighted by Crippen LogP contribution is -2.16. The summed E-state index contributed by atoms with van der Waals surface area (Å²) >= 11 is 6.97. The molecule has 1 atom stereocenters. The molecule has 1 nitrogen and oxygen atoms in total. The molecule has 0 bridgehead atoms. The zero-order valence-corrected chi connectivity index (χ0v) is 14.0. The zero-order valence-electron chi connectivity index (χ0n) is 10.8. The van der Waals surface area contributed by atoms with Crippen molar-refractivity contribution in [3.05, 3.63) is 46.4 Å². The third-order valence-corrected chi connectivity index (χ3v) is 4.46. The quantitative estimate of drug-likeness (QED) is 0.642. The number of carbonyl (C=O) groups is 1. The maximum Gasteiger partial charge on any atom is 0.146 e. The number of ketones is 1. The fraction of sp³-hybridized carbons (Fsp3) is 0.312. The number of hydrogen-bond donors (Lipinski definition) is 0. The monoisotopic (exact) mass is 382 g/mol. The number of carbonyl (C=O) groups excluding carboxylic acids is 1. The molecule has 0 saturated heterocycles. The van der Waals surface area contributed by atoms with Crippen LogP contribution in [-0.4, -0.2) is 10.6 Å². The summed E-state index contributed by atoms with van der Waals surface area (Å²) in [5.41, 5.74) is 1.20. The minimum atomic E-state index is -0.0691. The smallest absolute Gasteiger partial charge is 0.146 e. The van der Waals surface area contributed by atoms with Gasteiger partial charge in [0.2, 0.25) is 0 Å². The number of fused-ring (bicyclic) bond motifs is 1. The van der Waals surface area contributed by atoms with E-state index in [1.54, 1.807) is 0 Å². The molecule has 2 aromatic rings. The molecule has 1 unspecified atom stereocenters. The van der Waals surface area contributed by atoms with E-state index in [0.717, 1.165) is 17.3 Å². The zero-order chi connectivity index (χ0) is 13.8. The highest BCUT2D eigenvalue weighted by molar-refractivity contribution is 9.10. The van der Waals surface area contributed by atoms with Crippen molar-refractivity contribution in [2.75, 3.05) is 0 Å². The van der Waals surface area contributed by atoms with E-state index in [9.17, 15) is 4.79 Å². The van der Waals surface area contributed by atoms with Gasteiger partial charge in [-0.1, -0.05) is 63.0 Å². The van der Waals surface area contributed by atoms with Crippen molar-refractivity contribution in [2.24, 2.45) is 0 Å². The summed E-state index contributed by atoms with van der Waals surface area (Å²) in [6.45, 7) is 2.03. The van der Waals surface area contributed by atoms with Crippen LogP contribution in [0.2, 0.25) is 0 Å². The van der Waals surface area contributed by atoms with Crippen molar-refractivity contribution in [3.63, 3.8) is 0 Å². The van der Waals surface area contributed by atoms with E-state index in [4.69, 9.17) is 0 Å². The molecule has 0 fully saturated rings. The van der Waals surface area contributed by atoms with E-state index in [0.29, 0.717) is 12.2 Å². The molecule has 2 aromatic carbocycles. The van der Waals surface area contributed by atoms with Crippen molar-refractivity contribution in [1.82, 2.24) is 0 Å². The average Bonchev–Trinajstić information content (AvgIpc) is 2.39. The summed E-state index contributed by atoms with van der Waals surface area (Å²) < 4.78 is 1.09. The predicted molar refractivity (Wildman–Crippen MR) is 88.0 cm³/mol. The van der Waals surface area contributed by atoms with E-state index >= 15 is 0 Å². The Morgan fingerprint density at radius 3 is 2.58 bits per heavy atom. The summed E-state index contributed by atoms with van der Waals surface area (Å²) in [4.78, 5) is 11.7. The van der Waals surface area contributed by atoms with Gasteiger partial charge in [0, 0.05) is 10.9 Å². The van der Waals surface area contributed by atoms with Gasteiger partial charge in [0.25, 0.3) is 0 Å². The average molecular weight is 384 g/mol. The van der Waals surface area contributed by atoms with Gasteiger partial charge in [-0.15, -0.1) is 0 Å². The van der Waals surface area contributed by atoms with Crippen molar-refractivity contribution >= 4 is 48.4 Å². The highest BCUT2D eigenvalue weighted by Crippen LogP contribution is 2.22. The molecule has 19 heavy (non-hydrogen) atoms. The molecule has 0 spiro atoms. The van der Waals surface area contributed by atoms with Crippen molar-refractivity contribution in [2.45, 2.75) is 31.0 Å². The first-order valence-electron chi connectivity index (χ1n) is 6.45. The number of rotatable bonds is 5. The Labute approximate surface area is 130 Å². The lowest BCUT2D eigenvalue weighted by Gasteiger charge is -2.09. The van der Waals surface area contributed by atoms with Crippen LogP contribution in [0.3, 0.4) is 0 Å². The fourth-order valence-electron chi connectivity index (χ4n) is 2.12. The third-order valence-electron chi connectivity index (χ3n) is 3.13. The van der Waals surface area contributed by atoms with Gasteiger partial charge >= 0.3 is 0 Å². The van der Waals surface area contributed by atoms with Gasteiger partial charge in [-0.25, -0.2) is 0 Å². The Balaban J connectivity index is 2.17. The molecule has 0 saturated carbocycles. The molecule has 0 heterocycles. The maximum absolute atomic E-state index is 11.8. The van der Waals surface area contributed by atoms with E-state index in [2.05, 4.69) is 62.2 Å². The summed E-state index contributed by atoms with van der Waals surface area (Å²) in [5.74, 6) is 0.290. The van der Waals surface area contributed by atoms with Crippen LogP contribution in [0.15, 0.2) is 40.9 Å². The van der Waals surface area contributed by atoms with Gasteiger partial charge in [-0.3, -0.25) is 4.79 Å². The van der Waals surface area contributed by atoms with E-state index < -0.39 is 0 Å². The Bertz CT molecular complexity index is 592. The Kier molecular flexibility index (Phi) is 5.17. The Morgan fingerprint density at radius 1 is 1.16 bits per heavy atom. The van der Waals surface area contributed by atoms with Gasteiger partial charge in [0.05, 0.1) is 4.83 Å². The van der Waals surface area contributed by atoms with Crippen LogP contribution in [0.4, 0.5) is 0 Å². The standard InChI is InChI=1S/C16H16Br2O/c1-2-3-16(19)15(18)9-11-4-5-13-10-14(17)7-6-12(13)8-11/h4-8,10,15H,2-3,9H2,1H3. The van der Waals surface area contributed by atoms with E-state index in [-0.39, 0.29) is 4.83 Å². The fourth-order valence-corrected chi connectivity index (χ4v) is 3.10. The number of halogens is 2. The SMILES string of the molecule is CCCC(=O)C(Br)Cc1ccc2cc(Br)ccc2c1. The van der Waals surface area contributed by atoms with Crippen molar-refractivity contribution in [1.29, 1.82) is 0 Å². The molecule has 100 valence electrons. The van der Waals surface area contributed by atoms with Crippen molar-refractivity contribution < 1.29 is 4.79 Å². The minimum absolute atomic E-state index is 0.0691. The van der Waals surface area contributed by atoms with Gasteiger partial charge < -0.3 is 0 Å². The minimum Gasteiger partial charge on any atom is -0.298 e. The highest BCUT2D eigenvalue weighted by atomic mass is 79.9. The van der Waals surface area contributed by atoms with Crippen LogP contribution in [0, 0.1) is 0 Å². The van der Waals surface area contributed by atoms with E-state index in [1.807, 2.05) is 13.0 Å². The first-order chi connectivity index (χ1) is 9.10. The van der Waals surface area contributed by atoms with Gasteiger partial charge in [-0.2, -0.15) is 0 Å². The normalized spacial score (nSPS) is 12.6. The second kappa shape index (κ2) is 6.67.